The maximum absolute atomic E-state index is 10.7. The van der Waals surface area contributed by atoms with Crippen LogP contribution in [0.1, 0.15) is 19.2 Å². The van der Waals surface area contributed by atoms with Gasteiger partial charge in [0.2, 0.25) is 5.91 Å². The molecule has 1 amide bonds. The Morgan fingerprint density at radius 1 is 1.41 bits per heavy atom. The maximum Gasteiger partial charge on any atom is 0.216 e. The smallest absolute Gasteiger partial charge is 0.216 e. The number of nitrogens with zero attached hydrogens (tertiary/aromatic N) is 2. The van der Waals surface area contributed by atoms with Crippen LogP contribution in [-0.4, -0.2) is 22.0 Å². The van der Waals surface area contributed by atoms with Gasteiger partial charge in [0, 0.05) is 26.9 Å². The van der Waals surface area contributed by atoms with E-state index in [1.54, 1.807) is 0 Å². The van der Waals surface area contributed by atoms with Crippen molar-refractivity contribution in [2.24, 2.45) is 7.05 Å². The second-order valence-corrected chi connectivity index (χ2v) is 4.16. The van der Waals surface area contributed by atoms with Crippen molar-refractivity contribution in [1.29, 1.82) is 0 Å². The average Bonchev–Trinajstić information content (AvgIpc) is 2.63. The topological polar surface area (TPSA) is 46.9 Å². The highest BCUT2D eigenvalue weighted by atomic mass is 16.1. The van der Waals surface area contributed by atoms with Gasteiger partial charge in [-0.2, -0.15) is 0 Å². The first-order valence-corrected chi connectivity index (χ1v) is 5.83. The van der Waals surface area contributed by atoms with Gasteiger partial charge in [-0.05, 0) is 18.6 Å². The van der Waals surface area contributed by atoms with Gasteiger partial charge in [0.05, 0.1) is 11.0 Å². The molecule has 1 aromatic carbocycles. The summed E-state index contributed by atoms with van der Waals surface area (Å²) in [6, 6.07) is 8.10. The number of para-hydroxylation sites is 2. The Labute approximate surface area is 101 Å². The van der Waals surface area contributed by atoms with Crippen LogP contribution in [0.25, 0.3) is 11.0 Å². The third kappa shape index (κ3) is 2.64. The molecule has 4 nitrogen and oxygen atoms in total. The Morgan fingerprint density at radius 2 is 2.18 bits per heavy atom. The van der Waals surface area contributed by atoms with Crippen molar-refractivity contribution in [3.8, 4) is 0 Å². The average molecular weight is 231 g/mol. The van der Waals surface area contributed by atoms with E-state index < -0.39 is 0 Å². The predicted molar refractivity (Wildman–Crippen MR) is 67.7 cm³/mol. The van der Waals surface area contributed by atoms with Crippen molar-refractivity contribution in [1.82, 2.24) is 14.9 Å². The molecule has 0 aliphatic rings. The standard InChI is InChI=1S/C13H17N3O/c1-10(17)14-9-5-8-13-15-11-6-3-4-7-12(11)16(13)2/h3-4,6-7H,5,8-9H2,1-2H3,(H,14,17). The molecular formula is C13H17N3O. The Kier molecular flexibility index (Phi) is 3.42. The van der Waals surface area contributed by atoms with Gasteiger partial charge in [-0.3, -0.25) is 4.79 Å². The number of fused-ring (bicyclic) bond motifs is 1. The molecule has 90 valence electrons. The minimum atomic E-state index is 0.0231. The lowest BCUT2D eigenvalue weighted by Gasteiger charge is -2.03. The molecule has 0 aliphatic heterocycles. The fraction of sp³-hybridized carbons (Fsp3) is 0.385. The van der Waals surface area contributed by atoms with Crippen molar-refractivity contribution < 1.29 is 4.79 Å². The lowest BCUT2D eigenvalue weighted by molar-refractivity contribution is -0.118. The molecule has 0 radical (unpaired) electrons. The Bertz CT molecular complexity index is 530. The quantitative estimate of drug-likeness (QED) is 0.813. The van der Waals surface area contributed by atoms with E-state index in [0.717, 1.165) is 29.7 Å². The van der Waals surface area contributed by atoms with E-state index in [-0.39, 0.29) is 5.91 Å². The van der Waals surface area contributed by atoms with Crippen LogP contribution < -0.4 is 5.32 Å². The molecule has 0 atom stereocenters. The van der Waals surface area contributed by atoms with Gasteiger partial charge in [-0.15, -0.1) is 0 Å². The molecule has 0 bridgehead atoms. The lowest BCUT2D eigenvalue weighted by Crippen LogP contribution is -2.21. The van der Waals surface area contributed by atoms with Crippen molar-refractivity contribution in [3.63, 3.8) is 0 Å². The number of hydrogen-bond acceptors (Lipinski definition) is 2. The zero-order valence-electron chi connectivity index (χ0n) is 10.2. The van der Waals surface area contributed by atoms with E-state index in [4.69, 9.17) is 0 Å². The molecule has 2 aromatic rings. The number of imidazole rings is 1. The number of aromatic nitrogens is 2. The number of nitrogens with one attached hydrogen (secondary N) is 1. The van der Waals surface area contributed by atoms with Gasteiger partial charge in [-0.25, -0.2) is 4.98 Å². The summed E-state index contributed by atoms with van der Waals surface area (Å²) in [6.07, 6.45) is 1.79. The molecule has 17 heavy (non-hydrogen) atoms. The second kappa shape index (κ2) is 4.99. The fourth-order valence-electron chi connectivity index (χ4n) is 1.93. The van der Waals surface area contributed by atoms with Crippen LogP contribution in [0, 0.1) is 0 Å². The summed E-state index contributed by atoms with van der Waals surface area (Å²) in [5.41, 5.74) is 2.19. The monoisotopic (exact) mass is 231 g/mol. The zero-order valence-corrected chi connectivity index (χ0v) is 10.2. The van der Waals surface area contributed by atoms with Gasteiger partial charge < -0.3 is 9.88 Å². The highest BCUT2D eigenvalue weighted by molar-refractivity contribution is 5.75. The second-order valence-electron chi connectivity index (χ2n) is 4.16. The van der Waals surface area contributed by atoms with Crippen LogP contribution in [0.4, 0.5) is 0 Å². The molecule has 0 aliphatic carbocycles. The Morgan fingerprint density at radius 3 is 2.88 bits per heavy atom. The summed E-state index contributed by atoms with van der Waals surface area (Å²) in [5, 5.41) is 2.79. The highest BCUT2D eigenvalue weighted by Crippen LogP contribution is 2.14. The van der Waals surface area contributed by atoms with Crippen LogP contribution in [0.15, 0.2) is 24.3 Å². The van der Waals surface area contributed by atoms with E-state index >= 15 is 0 Å². The predicted octanol–water partition coefficient (Wildman–Crippen LogP) is 1.64. The van der Waals surface area contributed by atoms with Crippen LogP contribution in [-0.2, 0) is 18.3 Å². The lowest BCUT2D eigenvalue weighted by atomic mass is 10.3. The van der Waals surface area contributed by atoms with Gasteiger partial charge in [-0.1, -0.05) is 12.1 Å². The number of benzene rings is 1. The number of aryl methyl sites for hydroxylation is 2. The van der Waals surface area contributed by atoms with E-state index in [9.17, 15) is 4.79 Å². The summed E-state index contributed by atoms with van der Waals surface area (Å²) in [5.74, 6) is 1.09. The molecule has 1 N–H and O–H groups in total. The van der Waals surface area contributed by atoms with Crippen LogP contribution in [0.5, 0.6) is 0 Å². The molecule has 1 heterocycles. The normalized spacial score (nSPS) is 10.7. The van der Waals surface area contributed by atoms with E-state index in [0.29, 0.717) is 6.54 Å². The number of hydrogen-bond donors (Lipinski definition) is 1. The maximum atomic E-state index is 10.7. The zero-order chi connectivity index (χ0) is 12.3. The van der Waals surface area contributed by atoms with E-state index in [1.165, 1.54) is 6.92 Å². The molecule has 0 fully saturated rings. The third-order valence-electron chi connectivity index (χ3n) is 2.83. The van der Waals surface area contributed by atoms with Crippen LogP contribution in [0.2, 0.25) is 0 Å². The summed E-state index contributed by atoms with van der Waals surface area (Å²) in [4.78, 5) is 15.3. The van der Waals surface area contributed by atoms with Gasteiger partial charge in [0.1, 0.15) is 5.82 Å². The molecule has 0 spiro atoms. The SMILES string of the molecule is CC(=O)NCCCc1nc2ccccc2n1C. The van der Waals surface area contributed by atoms with Crippen molar-refractivity contribution >= 4 is 16.9 Å². The van der Waals surface area contributed by atoms with Crippen molar-refractivity contribution in [3.05, 3.63) is 30.1 Å². The molecule has 0 saturated heterocycles. The van der Waals surface area contributed by atoms with Crippen LogP contribution >= 0.6 is 0 Å². The number of carbonyl (C=O) groups is 1. The summed E-state index contributed by atoms with van der Waals surface area (Å²) >= 11 is 0. The Balaban J connectivity index is 2.04. The van der Waals surface area contributed by atoms with Gasteiger partial charge in [0.25, 0.3) is 0 Å². The number of rotatable bonds is 4. The fourth-order valence-corrected chi connectivity index (χ4v) is 1.93. The highest BCUT2D eigenvalue weighted by Gasteiger charge is 2.06. The van der Waals surface area contributed by atoms with Crippen molar-refractivity contribution in [2.75, 3.05) is 6.54 Å². The molecule has 0 unspecified atom stereocenters. The molecule has 0 saturated carbocycles. The van der Waals surface area contributed by atoms with Gasteiger partial charge in [0.15, 0.2) is 0 Å². The number of carbonyl (C=O) groups excluding carboxylic acids is 1. The molecule has 4 heteroatoms. The molecule has 1 aromatic heterocycles. The molecular weight excluding hydrogens is 214 g/mol. The first-order valence-electron chi connectivity index (χ1n) is 5.83. The third-order valence-corrected chi connectivity index (χ3v) is 2.83. The Hall–Kier alpha value is -1.84. The first-order chi connectivity index (χ1) is 8.18. The number of amides is 1. The van der Waals surface area contributed by atoms with Crippen LogP contribution in [0.3, 0.4) is 0 Å². The largest absolute Gasteiger partial charge is 0.356 e. The minimum Gasteiger partial charge on any atom is -0.356 e. The first kappa shape index (κ1) is 11.6. The summed E-state index contributed by atoms with van der Waals surface area (Å²) in [7, 11) is 2.03. The van der Waals surface area contributed by atoms with Gasteiger partial charge >= 0.3 is 0 Å². The summed E-state index contributed by atoms with van der Waals surface area (Å²) < 4.78 is 2.11. The minimum absolute atomic E-state index is 0.0231. The van der Waals surface area contributed by atoms with E-state index in [2.05, 4.69) is 20.9 Å². The molecule has 2 rings (SSSR count). The van der Waals surface area contributed by atoms with Crippen molar-refractivity contribution in [2.45, 2.75) is 19.8 Å². The van der Waals surface area contributed by atoms with E-state index in [1.807, 2.05) is 25.2 Å². The summed E-state index contributed by atoms with van der Waals surface area (Å²) in [6.45, 7) is 2.24.